The molecule has 0 rings (SSSR count). The highest BCUT2D eigenvalue weighted by molar-refractivity contribution is 7.45. The molecule has 0 aliphatic rings. The average Bonchev–Trinajstić information content (AvgIpc) is 2.72. The van der Waals surface area contributed by atoms with Crippen molar-refractivity contribution in [1.29, 1.82) is 0 Å². The van der Waals surface area contributed by atoms with Crippen molar-refractivity contribution >= 4 is 13.7 Å². The molecule has 0 heterocycles. The molecule has 0 aromatic carbocycles. The first-order valence-corrected chi connectivity index (χ1v) is 14.0. The number of likely N-dealkylation sites (N-methyl/N-ethyl adjacent to an activating group) is 1. The van der Waals surface area contributed by atoms with Crippen LogP contribution in [0.25, 0.3) is 0 Å². The van der Waals surface area contributed by atoms with Crippen molar-refractivity contribution in [3.8, 4) is 0 Å². The fourth-order valence-electron chi connectivity index (χ4n) is 3.07. The number of carbonyl (C=O) groups excluding carboxylic acids is 1. The lowest BCUT2D eigenvalue weighted by Crippen LogP contribution is -2.45. The van der Waals surface area contributed by atoms with E-state index < -0.39 is 20.0 Å². The van der Waals surface area contributed by atoms with Gasteiger partial charge in [-0.3, -0.25) is 9.36 Å². The lowest BCUT2D eigenvalue weighted by molar-refractivity contribution is -0.870. The van der Waals surface area contributed by atoms with Gasteiger partial charge in [0.1, 0.15) is 13.2 Å². The van der Waals surface area contributed by atoms with Crippen LogP contribution in [0, 0.1) is 0 Å². The van der Waals surface area contributed by atoms with E-state index in [-0.39, 0.29) is 19.1 Å². The second-order valence-electron chi connectivity index (χ2n) is 9.70. The van der Waals surface area contributed by atoms with Gasteiger partial charge in [0.15, 0.2) is 0 Å². The number of nitrogens with one attached hydrogen (secondary N) is 1. The highest BCUT2D eigenvalue weighted by Crippen LogP contribution is 2.38. The predicted octanol–water partition coefficient (Wildman–Crippen LogP) is 3.93. The summed E-state index contributed by atoms with van der Waals surface area (Å²) in [4.78, 5) is 24.5. The number of aliphatic hydroxyl groups excluding tert-OH is 1. The van der Waals surface area contributed by atoms with Crippen LogP contribution in [0.4, 0.5) is 0 Å². The van der Waals surface area contributed by atoms with Gasteiger partial charge in [0.05, 0.1) is 39.9 Å². The van der Waals surface area contributed by atoms with Gasteiger partial charge in [-0.2, -0.15) is 0 Å². The first-order valence-electron chi connectivity index (χ1n) is 12.6. The van der Waals surface area contributed by atoms with Gasteiger partial charge in [-0.25, -0.2) is 0 Å². The smallest absolute Gasteiger partial charge is 0.268 e. The van der Waals surface area contributed by atoms with E-state index in [2.05, 4.69) is 19.2 Å². The van der Waals surface area contributed by atoms with Gasteiger partial charge in [-0.1, -0.05) is 77.4 Å². The van der Waals surface area contributed by atoms with Crippen LogP contribution in [-0.2, 0) is 18.4 Å². The summed E-state index contributed by atoms with van der Waals surface area (Å²) in [5, 5.41) is 13.3. The molecule has 0 spiro atoms. The third-order valence-electron chi connectivity index (χ3n) is 5.25. The third kappa shape index (κ3) is 20.3. The van der Waals surface area contributed by atoms with E-state index >= 15 is 0 Å². The minimum absolute atomic E-state index is 0.000959. The maximum absolute atomic E-state index is 12.4. The summed E-state index contributed by atoms with van der Waals surface area (Å²) in [5.41, 5.74) is 0. The van der Waals surface area contributed by atoms with Crippen LogP contribution in [0.2, 0.25) is 0 Å². The fraction of sp³-hybridized carbons (Fsp3) is 0.875. The van der Waals surface area contributed by atoms with Crippen molar-refractivity contribution in [2.75, 3.05) is 40.9 Å². The zero-order chi connectivity index (χ0) is 25.2. The largest absolute Gasteiger partial charge is 0.756 e. The van der Waals surface area contributed by atoms with E-state index in [9.17, 15) is 19.4 Å². The maximum atomic E-state index is 12.4. The van der Waals surface area contributed by atoms with Crippen molar-refractivity contribution in [2.24, 2.45) is 0 Å². The standard InChI is InChI=1S/C24H49N2O6P/c1-6-8-10-12-13-14-16-18-24(28)25-22(23(27)17-15-11-9-7-2)21-32-33(29,30)31-20-19-26(3,4)5/h15,17,22-23,27H,6-14,16,18-21H2,1-5H3,(H-,25,28,29,30)/b17-15+. The lowest BCUT2D eigenvalue weighted by Gasteiger charge is -2.29. The van der Waals surface area contributed by atoms with Gasteiger partial charge in [-0.15, -0.1) is 0 Å². The topological polar surface area (TPSA) is 108 Å². The Morgan fingerprint density at radius 1 is 1.03 bits per heavy atom. The van der Waals surface area contributed by atoms with E-state index in [1.54, 1.807) is 6.08 Å². The van der Waals surface area contributed by atoms with Crippen molar-refractivity contribution in [2.45, 2.75) is 96.6 Å². The quantitative estimate of drug-likeness (QED) is 0.109. The molecular weight excluding hydrogens is 443 g/mol. The van der Waals surface area contributed by atoms with Gasteiger partial charge >= 0.3 is 0 Å². The first kappa shape index (κ1) is 32.2. The number of nitrogens with zero attached hydrogens (tertiary/aromatic N) is 1. The van der Waals surface area contributed by atoms with Crippen LogP contribution in [-0.4, -0.2) is 68.5 Å². The number of quaternary nitrogens is 1. The van der Waals surface area contributed by atoms with Gasteiger partial charge in [-0.05, 0) is 12.8 Å². The number of rotatable bonds is 21. The number of carbonyl (C=O) groups is 1. The van der Waals surface area contributed by atoms with E-state index in [1.165, 1.54) is 25.7 Å². The van der Waals surface area contributed by atoms with Crippen LogP contribution in [0.15, 0.2) is 12.2 Å². The lowest BCUT2D eigenvalue weighted by atomic mass is 10.1. The molecule has 1 amide bonds. The maximum Gasteiger partial charge on any atom is 0.268 e. The van der Waals surface area contributed by atoms with E-state index in [4.69, 9.17) is 9.05 Å². The monoisotopic (exact) mass is 492 g/mol. The Kier molecular flexibility index (Phi) is 18.1. The average molecular weight is 493 g/mol. The zero-order valence-electron chi connectivity index (χ0n) is 21.6. The molecule has 8 nitrogen and oxygen atoms in total. The van der Waals surface area contributed by atoms with E-state index in [0.717, 1.165) is 38.5 Å². The second kappa shape index (κ2) is 18.6. The molecule has 3 unspecified atom stereocenters. The molecule has 9 heteroatoms. The number of allylic oxidation sites excluding steroid dienone is 1. The number of hydrogen-bond acceptors (Lipinski definition) is 6. The summed E-state index contributed by atoms with van der Waals surface area (Å²) >= 11 is 0. The van der Waals surface area contributed by atoms with Crippen LogP contribution in [0.3, 0.4) is 0 Å². The number of amides is 1. The molecule has 0 bridgehead atoms. The summed E-state index contributed by atoms with van der Waals surface area (Å²) in [6.07, 6.45) is 13.3. The number of aliphatic hydroxyl groups is 1. The molecule has 0 aromatic rings. The molecule has 0 saturated carbocycles. The molecule has 3 atom stereocenters. The van der Waals surface area contributed by atoms with Gasteiger partial charge in [0.25, 0.3) is 7.82 Å². The van der Waals surface area contributed by atoms with E-state index in [1.807, 2.05) is 27.2 Å². The highest BCUT2D eigenvalue weighted by atomic mass is 31.2. The number of hydrogen-bond donors (Lipinski definition) is 2. The summed E-state index contributed by atoms with van der Waals surface area (Å²) < 4.78 is 22.6. The normalized spacial score (nSPS) is 16.0. The molecule has 0 radical (unpaired) electrons. The fourth-order valence-corrected chi connectivity index (χ4v) is 3.80. The van der Waals surface area contributed by atoms with Crippen molar-refractivity contribution in [3.63, 3.8) is 0 Å². The van der Waals surface area contributed by atoms with Crippen LogP contribution in [0.5, 0.6) is 0 Å². The third-order valence-corrected chi connectivity index (χ3v) is 6.21. The summed E-state index contributed by atoms with van der Waals surface area (Å²) in [6, 6.07) is -0.871. The number of unbranched alkanes of at least 4 members (excludes halogenated alkanes) is 8. The first-order chi connectivity index (χ1) is 15.5. The molecule has 196 valence electrons. The van der Waals surface area contributed by atoms with Gasteiger partial charge in [0, 0.05) is 6.42 Å². The number of phosphoric acid groups is 1. The second-order valence-corrected chi connectivity index (χ2v) is 11.1. The molecule has 0 aromatic heterocycles. The van der Waals surface area contributed by atoms with Gasteiger partial charge in [0.2, 0.25) is 5.91 Å². The molecule has 2 N–H and O–H groups in total. The van der Waals surface area contributed by atoms with Crippen molar-refractivity contribution in [1.82, 2.24) is 5.32 Å². The Hall–Kier alpha value is -0.760. The minimum Gasteiger partial charge on any atom is -0.756 e. The molecule has 0 aliphatic heterocycles. The molecule has 33 heavy (non-hydrogen) atoms. The Morgan fingerprint density at radius 2 is 1.64 bits per heavy atom. The molecule has 0 saturated heterocycles. The Morgan fingerprint density at radius 3 is 2.24 bits per heavy atom. The van der Waals surface area contributed by atoms with Crippen LogP contribution < -0.4 is 10.2 Å². The van der Waals surface area contributed by atoms with Gasteiger partial charge < -0.3 is 28.8 Å². The predicted molar refractivity (Wildman–Crippen MR) is 132 cm³/mol. The Bertz CT molecular complexity index is 580. The van der Waals surface area contributed by atoms with E-state index in [0.29, 0.717) is 17.4 Å². The number of phosphoric ester groups is 1. The zero-order valence-corrected chi connectivity index (χ0v) is 22.5. The molecular formula is C24H49N2O6P. The van der Waals surface area contributed by atoms with Crippen LogP contribution >= 0.6 is 7.82 Å². The highest BCUT2D eigenvalue weighted by Gasteiger charge is 2.23. The summed E-state index contributed by atoms with van der Waals surface area (Å²) in [5.74, 6) is -0.218. The minimum atomic E-state index is -4.54. The SMILES string of the molecule is CCCC/C=C/C(O)C(COP(=O)([O-])OCC[N+](C)(C)C)NC(=O)CCCCCCCCC. The van der Waals surface area contributed by atoms with Crippen molar-refractivity contribution in [3.05, 3.63) is 12.2 Å². The Balaban J connectivity index is 4.69. The summed E-state index contributed by atoms with van der Waals surface area (Å²) in [6.45, 7) is 4.37. The van der Waals surface area contributed by atoms with Crippen LogP contribution in [0.1, 0.15) is 84.5 Å². The Labute approximate surface area is 201 Å². The molecule has 0 fully saturated rings. The van der Waals surface area contributed by atoms with Crippen molar-refractivity contribution < 1.29 is 32.9 Å². The summed E-state index contributed by atoms with van der Waals surface area (Å²) in [7, 11) is 1.25. The molecule has 0 aliphatic carbocycles.